The van der Waals surface area contributed by atoms with E-state index in [1.807, 2.05) is 0 Å². The quantitative estimate of drug-likeness (QED) is 0.703. The fraction of sp³-hybridized carbons (Fsp3) is 0.250. The number of hydrogen-bond donors (Lipinski definition) is 1. The third-order valence-corrected chi connectivity index (χ3v) is 2.29. The fourth-order valence-corrected chi connectivity index (χ4v) is 1.46. The van der Waals surface area contributed by atoms with Gasteiger partial charge in [-0.1, -0.05) is 0 Å². The Balaban J connectivity index is 2.77. The van der Waals surface area contributed by atoms with E-state index in [0.29, 0.717) is 12.1 Å². The first kappa shape index (κ1) is 9.04. The molecule has 0 fully saturated rings. The molecular weight excluding hydrogens is 170 g/mol. The molecule has 3 nitrogen and oxygen atoms in total. The number of rotatable bonds is 3. The molecule has 1 aromatic heterocycles. The zero-order chi connectivity index (χ0) is 8.81. The lowest BCUT2D eigenvalue weighted by Crippen LogP contribution is -2.01. The summed E-state index contributed by atoms with van der Waals surface area (Å²) < 4.78 is 0. The van der Waals surface area contributed by atoms with Crippen LogP contribution in [0.15, 0.2) is 23.4 Å². The Morgan fingerprint density at radius 2 is 2.50 bits per heavy atom. The Bertz CT molecular complexity index is 293. The first-order valence-electron chi connectivity index (χ1n) is 3.56. The minimum absolute atomic E-state index is 0.603. The van der Waals surface area contributed by atoms with Crippen molar-refractivity contribution in [3.05, 3.63) is 23.9 Å². The molecule has 0 radical (unpaired) electrons. The SMILES string of the molecule is N#Cc1cccnc1SCCN. The van der Waals surface area contributed by atoms with E-state index in [9.17, 15) is 0 Å². The standard InChI is InChI=1S/C8H9N3S/c9-3-5-12-8-7(6-10)2-1-4-11-8/h1-2,4H,3,5,9H2. The second kappa shape index (κ2) is 4.75. The molecule has 4 heteroatoms. The van der Waals surface area contributed by atoms with Crippen LogP contribution in [0.1, 0.15) is 5.56 Å². The third kappa shape index (κ3) is 2.22. The molecule has 1 rings (SSSR count). The highest BCUT2D eigenvalue weighted by Gasteiger charge is 2.00. The number of pyridine rings is 1. The van der Waals surface area contributed by atoms with Crippen molar-refractivity contribution in [3.63, 3.8) is 0 Å². The van der Waals surface area contributed by atoms with Crippen LogP contribution >= 0.6 is 11.8 Å². The zero-order valence-electron chi connectivity index (χ0n) is 6.53. The maximum absolute atomic E-state index is 8.68. The van der Waals surface area contributed by atoms with E-state index < -0.39 is 0 Å². The summed E-state index contributed by atoms with van der Waals surface area (Å²) in [6.07, 6.45) is 1.68. The highest BCUT2D eigenvalue weighted by atomic mass is 32.2. The lowest BCUT2D eigenvalue weighted by atomic mass is 10.3. The fourth-order valence-electron chi connectivity index (χ4n) is 0.747. The Hall–Kier alpha value is -1.05. The van der Waals surface area contributed by atoms with Crippen LogP contribution in [0.2, 0.25) is 0 Å². The predicted molar refractivity (Wildman–Crippen MR) is 48.7 cm³/mol. The normalized spacial score (nSPS) is 9.33. The number of aromatic nitrogens is 1. The number of nitrogens with zero attached hydrogens (tertiary/aromatic N) is 2. The van der Waals surface area contributed by atoms with Gasteiger partial charge in [0, 0.05) is 18.5 Å². The summed E-state index contributed by atoms with van der Waals surface area (Å²) in [6.45, 7) is 0.603. The van der Waals surface area contributed by atoms with Crippen molar-refractivity contribution in [1.29, 1.82) is 5.26 Å². The van der Waals surface area contributed by atoms with Crippen molar-refractivity contribution in [2.24, 2.45) is 5.73 Å². The first-order valence-corrected chi connectivity index (χ1v) is 4.55. The highest BCUT2D eigenvalue weighted by molar-refractivity contribution is 7.99. The van der Waals surface area contributed by atoms with Gasteiger partial charge in [0.2, 0.25) is 0 Å². The van der Waals surface area contributed by atoms with Gasteiger partial charge in [0.1, 0.15) is 11.1 Å². The third-order valence-electron chi connectivity index (χ3n) is 1.25. The smallest absolute Gasteiger partial charge is 0.114 e. The Morgan fingerprint density at radius 3 is 3.17 bits per heavy atom. The zero-order valence-corrected chi connectivity index (χ0v) is 7.34. The molecule has 0 saturated heterocycles. The topological polar surface area (TPSA) is 62.7 Å². The van der Waals surface area contributed by atoms with E-state index >= 15 is 0 Å². The number of nitrogens with two attached hydrogens (primary N) is 1. The molecule has 0 atom stereocenters. The molecule has 0 bridgehead atoms. The average Bonchev–Trinajstić information content (AvgIpc) is 2.15. The van der Waals surface area contributed by atoms with Crippen LogP contribution in [0.5, 0.6) is 0 Å². The van der Waals surface area contributed by atoms with Gasteiger partial charge in [-0.25, -0.2) is 4.98 Å². The van der Waals surface area contributed by atoms with E-state index in [0.717, 1.165) is 10.8 Å². The summed E-state index contributed by atoms with van der Waals surface area (Å²) in [6, 6.07) is 5.59. The highest BCUT2D eigenvalue weighted by Crippen LogP contribution is 2.17. The van der Waals surface area contributed by atoms with Crippen LogP contribution < -0.4 is 5.73 Å². The van der Waals surface area contributed by atoms with E-state index in [1.54, 1.807) is 18.3 Å². The van der Waals surface area contributed by atoms with Crippen LogP contribution in [-0.4, -0.2) is 17.3 Å². The van der Waals surface area contributed by atoms with Gasteiger partial charge < -0.3 is 5.73 Å². The molecule has 1 aromatic rings. The van der Waals surface area contributed by atoms with E-state index in [2.05, 4.69) is 11.1 Å². The number of nitriles is 1. The predicted octanol–water partition coefficient (Wildman–Crippen LogP) is 1.00. The molecule has 1 heterocycles. The molecule has 2 N–H and O–H groups in total. The molecule has 0 aliphatic heterocycles. The number of hydrogen-bond acceptors (Lipinski definition) is 4. The monoisotopic (exact) mass is 179 g/mol. The minimum Gasteiger partial charge on any atom is -0.330 e. The summed E-state index contributed by atoms with van der Waals surface area (Å²) in [4.78, 5) is 4.07. The van der Waals surface area contributed by atoms with Crippen LogP contribution in [0.25, 0.3) is 0 Å². The van der Waals surface area contributed by atoms with E-state index in [4.69, 9.17) is 11.0 Å². The van der Waals surface area contributed by atoms with Gasteiger partial charge in [-0.2, -0.15) is 5.26 Å². The molecule has 62 valence electrons. The second-order valence-corrected chi connectivity index (χ2v) is 3.19. The van der Waals surface area contributed by atoms with Crippen LogP contribution in [-0.2, 0) is 0 Å². The van der Waals surface area contributed by atoms with Crippen molar-refractivity contribution in [3.8, 4) is 6.07 Å². The van der Waals surface area contributed by atoms with Crippen LogP contribution in [0, 0.1) is 11.3 Å². The Kier molecular flexibility index (Phi) is 3.58. The van der Waals surface area contributed by atoms with Gasteiger partial charge in [-0.05, 0) is 12.1 Å². The van der Waals surface area contributed by atoms with Gasteiger partial charge in [0.05, 0.1) is 5.56 Å². The Morgan fingerprint density at radius 1 is 1.67 bits per heavy atom. The van der Waals surface area contributed by atoms with Gasteiger partial charge in [-0.15, -0.1) is 11.8 Å². The molecule has 0 aromatic carbocycles. The molecule has 0 saturated carbocycles. The van der Waals surface area contributed by atoms with Crippen molar-refractivity contribution >= 4 is 11.8 Å². The summed E-state index contributed by atoms with van der Waals surface area (Å²) in [5.74, 6) is 0.797. The molecule has 0 unspecified atom stereocenters. The summed E-state index contributed by atoms with van der Waals surface area (Å²) in [7, 11) is 0. The second-order valence-electron chi connectivity index (χ2n) is 2.11. The lowest BCUT2D eigenvalue weighted by molar-refractivity contribution is 1.09. The van der Waals surface area contributed by atoms with E-state index in [-0.39, 0.29) is 0 Å². The molecular formula is C8H9N3S. The van der Waals surface area contributed by atoms with Crippen molar-refractivity contribution < 1.29 is 0 Å². The lowest BCUT2D eigenvalue weighted by Gasteiger charge is -1.99. The maximum Gasteiger partial charge on any atom is 0.114 e. The summed E-state index contributed by atoms with van der Waals surface area (Å²) in [5, 5.41) is 9.45. The van der Waals surface area contributed by atoms with Gasteiger partial charge in [-0.3, -0.25) is 0 Å². The van der Waals surface area contributed by atoms with Gasteiger partial charge >= 0.3 is 0 Å². The average molecular weight is 179 g/mol. The molecule has 0 spiro atoms. The van der Waals surface area contributed by atoms with Gasteiger partial charge in [0.25, 0.3) is 0 Å². The molecule has 0 aliphatic carbocycles. The maximum atomic E-state index is 8.68. The van der Waals surface area contributed by atoms with Crippen LogP contribution in [0.3, 0.4) is 0 Å². The molecule has 12 heavy (non-hydrogen) atoms. The summed E-state index contributed by atoms with van der Waals surface area (Å²) in [5.41, 5.74) is 5.96. The van der Waals surface area contributed by atoms with Crippen molar-refractivity contribution in [2.75, 3.05) is 12.3 Å². The number of thioether (sulfide) groups is 1. The van der Waals surface area contributed by atoms with Gasteiger partial charge in [0.15, 0.2) is 0 Å². The summed E-state index contributed by atoms with van der Waals surface area (Å²) >= 11 is 1.51. The Labute approximate surface area is 75.6 Å². The van der Waals surface area contributed by atoms with Crippen molar-refractivity contribution in [1.82, 2.24) is 4.98 Å². The van der Waals surface area contributed by atoms with Crippen molar-refractivity contribution in [2.45, 2.75) is 5.03 Å². The van der Waals surface area contributed by atoms with Crippen LogP contribution in [0.4, 0.5) is 0 Å². The largest absolute Gasteiger partial charge is 0.330 e. The van der Waals surface area contributed by atoms with E-state index in [1.165, 1.54) is 11.8 Å². The minimum atomic E-state index is 0.603. The molecule has 0 aliphatic rings. The first-order chi connectivity index (χ1) is 5.88. The molecule has 0 amide bonds.